The second-order valence-corrected chi connectivity index (χ2v) is 4.67. The van der Waals surface area contributed by atoms with Crippen LogP contribution in [-0.4, -0.2) is 13.1 Å². The lowest BCUT2D eigenvalue weighted by atomic mass is 10.1. The Hall–Kier alpha value is -2.80. The van der Waals surface area contributed by atoms with E-state index >= 15 is 0 Å². The number of esters is 1. The predicted octanol–water partition coefficient (Wildman–Crippen LogP) is 3.52. The summed E-state index contributed by atoms with van der Waals surface area (Å²) in [7, 11) is 1.36. The minimum absolute atomic E-state index is 0.0608. The first-order valence-corrected chi connectivity index (χ1v) is 6.59. The van der Waals surface area contributed by atoms with Gasteiger partial charge in [-0.1, -0.05) is 18.2 Å². The predicted molar refractivity (Wildman–Crippen MR) is 81.0 cm³/mol. The normalized spacial score (nSPS) is 11.3. The summed E-state index contributed by atoms with van der Waals surface area (Å²) in [6.45, 7) is 2.02. The molecule has 0 heterocycles. The van der Waals surface area contributed by atoms with Crippen LogP contribution in [0.1, 0.15) is 34.5 Å². The molecule has 2 aromatic carbocycles. The molecule has 0 radical (unpaired) electrons. The fraction of sp³-hybridized carbons (Fsp3) is 0.176. The van der Waals surface area contributed by atoms with Gasteiger partial charge in [0.05, 0.1) is 24.3 Å². The zero-order valence-electron chi connectivity index (χ0n) is 12.0. The highest BCUT2D eigenvalue weighted by atomic mass is 16.5. The lowest BCUT2D eigenvalue weighted by Crippen LogP contribution is -2.08. The van der Waals surface area contributed by atoms with Crippen LogP contribution in [0.5, 0.6) is 0 Å². The maximum atomic E-state index is 11.5. The van der Waals surface area contributed by atoms with Gasteiger partial charge in [0.25, 0.3) is 0 Å². The smallest absolute Gasteiger partial charge is 0.337 e. The zero-order chi connectivity index (χ0) is 15.2. The first-order chi connectivity index (χ1) is 10.1. The highest BCUT2D eigenvalue weighted by Crippen LogP contribution is 2.20. The molecule has 0 saturated heterocycles. The highest BCUT2D eigenvalue weighted by Gasteiger charge is 2.08. The van der Waals surface area contributed by atoms with Gasteiger partial charge in [-0.25, -0.2) is 4.79 Å². The molecule has 0 spiro atoms. The van der Waals surface area contributed by atoms with Gasteiger partial charge >= 0.3 is 5.97 Å². The first-order valence-electron chi connectivity index (χ1n) is 6.59. The number of benzene rings is 2. The summed E-state index contributed by atoms with van der Waals surface area (Å²) in [4.78, 5) is 11.5. The average Bonchev–Trinajstić information content (AvgIpc) is 2.54. The molecule has 0 aromatic heterocycles. The molecule has 0 fully saturated rings. The molecule has 4 heteroatoms. The fourth-order valence-electron chi connectivity index (χ4n) is 2.03. The first kappa shape index (κ1) is 14.6. The number of nitriles is 1. The molecule has 0 aliphatic rings. The molecule has 1 N–H and O–H groups in total. The van der Waals surface area contributed by atoms with E-state index in [2.05, 4.69) is 11.4 Å². The van der Waals surface area contributed by atoms with Gasteiger partial charge in [0.2, 0.25) is 0 Å². The molecule has 1 atom stereocenters. The Morgan fingerprint density at radius 2 is 1.95 bits per heavy atom. The number of hydrogen-bond donors (Lipinski definition) is 1. The zero-order valence-corrected chi connectivity index (χ0v) is 12.0. The third-order valence-corrected chi connectivity index (χ3v) is 3.21. The Morgan fingerprint density at radius 1 is 1.24 bits per heavy atom. The fourth-order valence-corrected chi connectivity index (χ4v) is 2.03. The molecular formula is C17H16N2O2. The van der Waals surface area contributed by atoms with E-state index in [-0.39, 0.29) is 12.0 Å². The molecule has 2 rings (SSSR count). The van der Waals surface area contributed by atoms with Crippen molar-refractivity contribution in [3.63, 3.8) is 0 Å². The van der Waals surface area contributed by atoms with Crippen LogP contribution in [0.3, 0.4) is 0 Å². The Balaban J connectivity index is 2.13. The van der Waals surface area contributed by atoms with Gasteiger partial charge in [-0.3, -0.25) is 0 Å². The van der Waals surface area contributed by atoms with E-state index in [0.29, 0.717) is 11.1 Å². The summed E-state index contributed by atoms with van der Waals surface area (Å²) in [6.07, 6.45) is 0. The van der Waals surface area contributed by atoms with Crippen LogP contribution >= 0.6 is 0 Å². The standard InChI is InChI=1S/C17H16N2O2/c1-12(14-8-6-13(11-18)7-9-14)19-16-5-3-4-15(10-16)17(20)21-2/h3-10,12,19H,1-2H3. The Bertz CT molecular complexity index is 672. The molecule has 4 nitrogen and oxygen atoms in total. The van der Waals surface area contributed by atoms with E-state index in [9.17, 15) is 4.79 Å². The van der Waals surface area contributed by atoms with Crippen LogP contribution in [0.25, 0.3) is 0 Å². The van der Waals surface area contributed by atoms with E-state index in [1.807, 2.05) is 25.1 Å². The highest BCUT2D eigenvalue weighted by molar-refractivity contribution is 5.90. The van der Waals surface area contributed by atoms with Gasteiger partial charge in [-0.15, -0.1) is 0 Å². The molecule has 0 aliphatic carbocycles. The number of carbonyl (C=O) groups is 1. The number of rotatable bonds is 4. The van der Waals surface area contributed by atoms with E-state index in [4.69, 9.17) is 10.00 Å². The van der Waals surface area contributed by atoms with Crippen molar-refractivity contribution >= 4 is 11.7 Å². The maximum Gasteiger partial charge on any atom is 0.337 e. The van der Waals surface area contributed by atoms with Crippen molar-refractivity contribution in [2.45, 2.75) is 13.0 Å². The maximum absolute atomic E-state index is 11.5. The lowest BCUT2D eigenvalue weighted by Gasteiger charge is -2.16. The van der Waals surface area contributed by atoms with Crippen molar-refractivity contribution in [1.29, 1.82) is 5.26 Å². The SMILES string of the molecule is COC(=O)c1cccc(NC(C)c2ccc(C#N)cc2)c1. The molecular weight excluding hydrogens is 264 g/mol. The third-order valence-electron chi connectivity index (χ3n) is 3.21. The van der Waals surface area contributed by atoms with Crippen LogP contribution < -0.4 is 5.32 Å². The van der Waals surface area contributed by atoms with E-state index in [0.717, 1.165) is 11.3 Å². The van der Waals surface area contributed by atoms with Crippen molar-refractivity contribution in [2.75, 3.05) is 12.4 Å². The van der Waals surface area contributed by atoms with Crippen molar-refractivity contribution < 1.29 is 9.53 Å². The van der Waals surface area contributed by atoms with Gasteiger partial charge in [-0.05, 0) is 42.8 Å². The number of carbonyl (C=O) groups excluding carboxylic acids is 1. The van der Waals surface area contributed by atoms with Gasteiger partial charge in [-0.2, -0.15) is 5.26 Å². The van der Waals surface area contributed by atoms with Crippen LogP contribution in [-0.2, 0) is 4.74 Å². The van der Waals surface area contributed by atoms with Gasteiger partial charge in [0, 0.05) is 11.7 Å². The molecule has 0 amide bonds. The number of hydrogen-bond acceptors (Lipinski definition) is 4. The van der Waals surface area contributed by atoms with Crippen molar-refractivity contribution in [2.24, 2.45) is 0 Å². The quantitative estimate of drug-likeness (QED) is 0.870. The van der Waals surface area contributed by atoms with Gasteiger partial charge in [0.1, 0.15) is 0 Å². The number of nitrogens with zero attached hydrogens (tertiary/aromatic N) is 1. The molecule has 0 saturated carbocycles. The van der Waals surface area contributed by atoms with E-state index in [1.54, 1.807) is 30.3 Å². The van der Waals surface area contributed by atoms with Crippen molar-refractivity contribution in [3.8, 4) is 6.07 Å². The van der Waals surface area contributed by atoms with Crippen molar-refractivity contribution in [1.82, 2.24) is 0 Å². The monoisotopic (exact) mass is 280 g/mol. The molecule has 0 bridgehead atoms. The second-order valence-electron chi connectivity index (χ2n) is 4.67. The minimum atomic E-state index is -0.357. The Labute approximate surface area is 124 Å². The summed E-state index contributed by atoms with van der Waals surface area (Å²) < 4.78 is 4.71. The van der Waals surface area contributed by atoms with Gasteiger partial charge in [0.15, 0.2) is 0 Å². The minimum Gasteiger partial charge on any atom is -0.465 e. The third kappa shape index (κ3) is 3.61. The summed E-state index contributed by atoms with van der Waals surface area (Å²) in [6, 6.07) is 16.7. The molecule has 21 heavy (non-hydrogen) atoms. The second kappa shape index (κ2) is 6.58. The number of nitrogens with one attached hydrogen (secondary N) is 1. The Kier molecular flexibility index (Phi) is 4.57. The topological polar surface area (TPSA) is 62.1 Å². The van der Waals surface area contributed by atoms with Crippen molar-refractivity contribution in [3.05, 3.63) is 65.2 Å². The van der Waals surface area contributed by atoms with E-state index in [1.165, 1.54) is 7.11 Å². The number of anilines is 1. The van der Waals surface area contributed by atoms with Crippen LogP contribution in [0.4, 0.5) is 5.69 Å². The Morgan fingerprint density at radius 3 is 2.57 bits per heavy atom. The number of ether oxygens (including phenoxy) is 1. The summed E-state index contributed by atoms with van der Waals surface area (Å²) >= 11 is 0. The molecule has 0 aliphatic heterocycles. The summed E-state index contributed by atoms with van der Waals surface area (Å²) in [5.74, 6) is -0.357. The van der Waals surface area contributed by atoms with E-state index < -0.39 is 0 Å². The molecule has 106 valence electrons. The largest absolute Gasteiger partial charge is 0.465 e. The van der Waals surface area contributed by atoms with Crippen LogP contribution in [0.2, 0.25) is 0 Å². The van der Waals surface area contributed by atoms with Crippen LogP contribution in [0.15, 0.2) is 48.5 Å². The number of methoxy groups -OCH3 is 1. The molecule has 2 aromatic rings. The lowest BCUT2D eigenvalue weighted by molar-refractivity contribution is 0.0601. The van der Waals surface area contributed by atoms with Gasteiger partial charge < -0.3 is 10.1 Å². The summed E-state index contributed by atoms with van der Waals surface area (Å²) in [5.41, 5.74) is 3.06. The molecule has 1 unspecified atom stereocenters. The van der Waals surface area contributed by atoms with Crippen LogP contribution in [0, 0.1) is 11.3 Å². The summed E-state index contributed by atoms with van der Waals surface area (Å²) in [5, 5.41) is 12.1. The average molecular weight is 280 g/mol.